The van der Waals surface area contributed by atoms with Gasteiger partial charge in [0.25, 0.3) is 5.91 Å². The largest absolute Gasteiger partial charge is 0.484 e. The molecule has 128 valence electrons. The van der Waals surface area contributed by atoms with Crippen LogP contribution in [0.1, 0.15) is 5.69 Å². The predicted molar refractivity (Wildman–Crippen MR) is 92.8 cm³/mol. The molecule has 1 N–H and O–H groups in total. The summed E-state index contributed by atoms with van der Waals surface area (Å²) in [6.07, 6.45) is 3.25. The van der Waals surface area contributed by atoms with Gasteiger partial charge in [0.1, 0.15) is 17.2 Å². The van der Waals surface area contributed by atoms with Gasteiger partial charge in [0, 0.05) is 13.2 Å². The van der Waals surface area contributed by atoms with E-state index in [1.165, 1.54) is 0 Å². The second kappa shape index (κ2) is 7.48. The quantitative estimate of drug-likeness (QED) is 0.748. The van der Waals surface area contributed by atoms with Crippen molar-refractivity contribution in [2.24, 2.45) is 7.05 Å². The molecular weight excluding hydrogens is 320 g/mol. The van der Waals surface area contributed by atoms with Crippen LogP contribution in [-0.2, 0) is 11.8 Å². The summed E-state index contributed by atoms with van der Waals surface area (Å²) in [6.45, 7) is 1.69. The number of benzene rings is 1. The van der Waals surface area contributed by atoms with Crippen LogP contribution in [0.3, 0.4) is 0 Å². The van der Waals surface area contributed by atoms with E-state index in [4.69, 9.17) is 9.47 Å². The third kappa shape index (κ3) is 4.14. The van der Waals surface area contributed by atoms with E-state index in [0.717, 1.165) is 0 Å². The van der Waals surface area contributed by atoms with Gasteiger partial charge in [0.15, 0.2) is 6.61 Å². The number of rotatable bonds is 6. The summed E-state index contributed by atoms with van der Waals surface area (Å²) in [5.74, 6) is 1.32. The van der Waals surface area contributed by atoms with Crippen LogP contribution in [0.4, 0.5) is 5.69 Å². The lowest BCUT2D eigenvalue weighted by Gasteiger charge is -2.10. The maximum atomic E-state index is 12.2. The van der Waals surface area contributed by atoms with Crippen molar-refractivity contribution in [2.45, 2.75) is 6.92 Å². The average Bonchev–Trinajstić information content (AvgIpc) is 2.89. The highest BCUT2D eigenvalue weighted by Gasteiger charge is 2.18. The average molecular weight is 338 g/mol. The Morgan fingerprint density at radius 2 is 1.92 bits per heavy atom. The van der Waals surface area contributed by atoms with Gasteiger partial charge in [0.2, 0.25) is 5.88 Å². The van der Waals surface area contributed by atoms with Crippen molar-refractivity contribution in [3.05, 3.63) is 60.6 Å². The first-order valence-electron chi connectivity index (χ1n) is 7.72. The zero-order valence-electron chi connectivity index (χ0n) is 14.0. The Morgan fingerprint density at radius 3 is 2.64 bits per heavy atom. The number of aryl methyl sites for hydroxylation is 2. The van der Waals surface area contributed by atoms with E-state index < -0.39 is 0 Å². The van der Waals surface area contributed by atoms with Gasteiger partial charge in [0.05, 0.1) is 11.9 Å². The van der Waals surface area contributed by atoms with Crippen molar-refractivity contribution in [1.82, 2.24) is 14.8 Å². The smallest absolute Gasteiger partial charge is 0.262 e. The molecule has 0 saturated carbocycles. The highest BCUT2D eigenvalue weighted by atomic mass is 16.5. The molecule has 0 saturated heterocycles. The van der Waals surface area contributed by atoms with Crippen molar-refractivity contribution < 1.29 is 14.3 Å². The van der Waals surface area contributed by atoms with Gasteiger partial charge in [-0.3, -0.25) is 9.78 Å². The highest BCUT2D eigenvalue weighted by molar-refractivity contribution is 5.93. The molecule has 1 amide bonds. The van der Waals surface area contributed by atoms with Crippen LogP contribution in [-0.4, -0.2) is 27.3 Å². The maximum Gasteiger partial charge on any atom is 0.262 e. The van der Waals surface area contributed by atoms with Gasteiger partial charge in [-0.1, -0.05) is 18.2 Å². The topological polar surface area (TPSA) is 78.3 Å². The molecule has 0 spiro atoms. The van der Waals surface area contributed by atoms with E-state index in [9.17, 15) is 4.79 Å². The SMILES string of the molecule is Cc1nn(C)c(Oc2cccnc2)c1NC(=O)COc1ccccc1. The summed E-state index contributed by atoms with van der Waals surface area (Å²) in [4.78, 5) is 16.2. The minimum atomic E-state index is -0.295. The molecule has 3 aromatic rings. The van der Waals surface area contributed by atoms with Gasteiger partial charge in [-0.15, -0.1) is 0 Å². The van der Waals surface area contributed by atoms with Gasteiger partial charge < -0.3 is 14.8 Å². The van der Waals surface area contributed by atoms with Crippen LogP contribution in [0.2, 0.25) is 0 Å². The van der Waals surface area contributed by atoms with Crippen molar-refractivity contribution in [2.75, 3.05) is 11.9 Å². The minimum Gasteiger partial charge on any atom is -0.484 e. The fourth-order valence-corrected chi connectivity index (χ4v) is 2.26. The third-order valence-electron chi connectivity index (χ3n) is 3.40. The van der Waals surface area contributed by atoms with Crippen LogP contribution < -0.4 is 14.8 Å². The van der Waals surface area contributed by atoms with E-state index in [-0.39, 0.29) is 12.5 Å². The van der Waals surface area contributed by atoms with Crippen molar-refractivity contribution >= 4 is 11.6 Å². The number of carbonyl (C=O) groups excluding carboxylic acids is 1. The number of amides is 1. The fraction of sp³-hybridized carbons (Fsp3) is 0.167. The maximum absolute atomic E-state index is 12.2. The Bertz CT molecular complexity index is 848. The first kappa shape index (κ1) is 16.5. The number of carbonyl (C=O) groups is 1. The molecule has 7 nitrogen and oxygen atoms in total. The number of pyridine rings is 1. The molecule has 0 radical (unpaired) electrons. The van der Waals surface area contributed by atoms with Gasteiger partial charge in [-0.25, -0.2) is 4.68 Å². The number of ether oxygens (including phenoxy) is 2. The van der Waals surface area contributed by atoms with E-state index in [0.29, 0.717) is 28.8 Å². The first-order valence-corrected chi connectivity index (χ1v) is 7.72. The molecule has 0 aliphatic heterocycles. The van der Waals surface area contributed by atoms with Crippen LogP contribution in [0.15, 0.2) is 54.9 Å². The Morgan fingerprint density at radius 1 is 1.16 bits per heavy atom. The number of para-hydroxylation sites is 1. The molecule has 0 fully saturated rings. The lowest BCUT2D eigenvalue weighted by Crippen LogP contribution is -2.20. The van der Waals surface area contributed by atoms with Gasteiger partial charge in [-0.2, -0.15) is 5.10 Å². The molecule has 2 aromatic heterocycles. The number of nitrogens with one attached hydrogen (secondary N) is 1. The Balaban J connectivity index is 1.70. The molecule has 0 aliphatic rings. The molecule has 0 bridgehead atoms. The number of hydrogen-bond acceptors (Lipinski definition) is 5. The second-order valence-electron chi connectivity index (χ2n) is 5.33. The number of anilines is 1. The standard InChI is InChI=1S/C18H18N4O3/c1-13-17(20-16(23)12-24-14-7-4-3-5-8-14)18(22(2)21-13)25-15-9-6-10-19-11-15/h3-11H,12H2,1-2H3,(H,20,23). The van der Waals surface area contributed by atoms with Crippen LogP contribution in [0, 0.1) is 6.92 Å². The summed E-state index contributed by atoms with van der Waals surface area (Å²) in [6, 6.07) is 12.7. The number of aromatic nitrogens is 3. The molecule has 25 heavy (non-hydrogen) atoms. The summed E-state index contributed by atoms with van der Waals surface area (Å²) in [5.41, 5.74) is 1.16. The Labute approximate surface area is 145 Å². The van der Waals surface area contributed by atoms with E-state index >= 15 is 0 Å². The van der Waals surface area contributed by atoms with Crippen molar-refractivity contribution in [1.29, 1.82) is 0 Å². The second-order valence-corrected chi connectivity index (χ2v) is 5.33. The molecule has 7 heteroatoms. The molecule has 3 rings (SSSR count). The zero-order valence-corrected chi connectivity index (χ0v) is 14.0. The Hall–Kier alpha value is -3.35. The predicted octanol–water partition coefficient (Wildman–Crippen LogP) is 2.93. The minimum absolute atomic E-state index is 0.106. The normalized spacial score (nSPS) is 10.3. The molecule has 0 aliphatic carbocycles. The van der Waals surface area contributed by atoms with Crippen molar-refractivity contribution in [3.63, 3.8) is 0 Å². The third-order valence-corrected chi connectivity index (χ3v) is 3.40. The fourth-order valence-electron chi connectivity index (χ4n) is 2.26. The summed E-state index contributed by atoms with van der Waals surface area (Å²) >= 11 is 0. The first-order chi connectivity index (χ1) is 12.1. The van der Waals surface area contributed by atoms with Crippen LogP contribution in [0.5, 0.6) is 17.4 Å². The zero-order chi connectivity index (χ0) is 17.6. The Kier molecular flexibility index (Phi) is 4.94. The molecule has 0 atom stereocenters. The molecule has 2 heterocycles. The van der Waals surface area contributed by atoms with E-state index in [1.807, 2.05) is 18.2 Å². The monoisotopic (exact) mass is 338 g/mol. The van der Waals surface area contributed by atoms with Crippen LogP contribution in [0.25, 0.3) is 0 Å². The molecule has 0 unspecified atom stereocenters. The number of nitrogens with zero attached hydrogens (tertiary/aromatic N) is 3. The van der Waals surface area contributed by atoms with E-state index in [1.54, 1.807) is 55.3 Å². The van der Waals surface area contributed by atoms with Crippen LogP contribution >= 0.6 is 0 Å². The summed E-state index contributed by atoms with van der Waals surface area (Å²) in [5, 5.41) is 7.09. The van der Waals surface area contributed by atoms with Gasteiger partial charge in [-0.05, 0) is 31.2 Å². The van der Waals surface area contributed by atoms with E-state index in [2.05, 4.69) is 15.4 Å². The van der Waals surface area contributed by atoms with Crippen molar-refractivity contribution in [3.8, 4) is 17.4 Å². The highest BCUT2D eigenvalue weighted by Crippen LogP contribution is 2.31. The summed E-state index contributed by atoms with van der Waals surface area (Å²) < 4.78 is 12.8. The summed E-state index contributed by atoms with van der Waals surface area (Å²) in [7, 11) is 1.74. The molecule has 1 aromatic carbocycles. The number of hydrogen-bond donors (Lipinski definition) is 1. The van der Waals surface area contributed by atoms with Gasteiger partial charge >= 0.3 is 0 Å². The lowest BCUT2D eigenvalue weighted by molar-refractivity contribution is -0.118. The molecular formula is C18H18N4O3. The lowest BCUT2D eigenvalue weighted by atomic mass is 10.3.